The molecule has 1 saturated heterocycles. The van der Waals surface area contributed by atoms with Crippen molar-refractivity contribution >= 4 is 35.1 Å². The molecule has 3 aromatic rings. The highest BCUT2D eigenvalue weighted by molar-refractivity contribution is 6.31. The first-order valence-corrected chi connectivity index (χ1v) is 14.3. The van der Waals surface area contributed by atoms with Gasteiger partial charge in [-0.25, -0.2) is 14.8 Å². The highest BCUT2D eigenvalue weighted by Crippen LogP contribution is 2.26. The molecule has 44 heavy (non-hydrogen) atoms. The first kappa shape index (κ1) is 34.4. The van der Waals surface area contributed by atoms with Crippen LogP contribution >= 0.6 is 11.6 Å². The molecular formula is C30H37ClF3N6O4+. The Hall–Kier alpha value is -4.10. The second-order valence-corrected chi connectivity index (χ2v) is 10.9. The van der Waals surface area contributed by atoms with Gasteiger partial charge >= 0.3 is 12.1 Å². The van der Waals surface area contributed by atoms with E-state index in [1.807, 2.05) is 18.2 Å². The second kappa shape index (κ2) is 15.6. The number of aryl methyl sites for hydroxylation is 1. The predicted octanol–water partition coefficient (Wildman–Crippen LogP) is 4.57. The summed E-state index contributed by atoms with van der Waals surface area (Å²) in [5.41, 5.74) is 14.2. The zero-order valence-corrected chi connectivity index (χ0v) is 25.3. The van der Waals surface area contributed by atoms with E-state index in [-0.39, 0.29) is 34.4 Å². The van der Waals surface area contributed by atoms with Gasteiger partial charge in [-0.1, -0.05) is 54.1 Å². The normalized spacial score (nSPS) is 18.0. The Morgan fingerprint density at radius 1 is 1.02 bits per heavy atom. The Morgan fingerprint density at radius 3 is 2.30 bits per heavy atom. The number of carbonyl (C=O) groups excluding carboxylic acids is 2. The van der Waals surface area contributed by atoms with Crippen LogP contribution in [0.3, 0.4) is 0 Å². The van der Waals surface area contributed by atoms with E-state index in [1.165, 1.54) is 11.1 Å². The van der Waals surface area contributed by atoms with Gasteiger partial charge in [-0.05, 0) is 37.0 Å². The summed E-state index contributed by atoms with van der Waals surface area (Å²) in [7, 11) is 2.36. The van der Waals surface area contributed by atoms with E-state index >= 15 is 0 Å². The number of rotatable bonds is 9. The van der Waals surface area contributed by atoms with Crippen LogP contribution in [0.1, 0.15) is 40.9 Å². The summed E-state index contributed by atoms with van der Waals surface area (Å²) in [6.45, 7) is 3.84. The number of carbonyl (C=O) groups is 2. The maximum atomic E-state index is 13.0. The molecule has 238 valence electrons. The molecule has 2 atom stereocenters. The molecule has 0 radical (unpaired) electrons. The molecular weight excluding hydrogens is 601 g/mol. The van der Waals surface area contributed by atoms with Crippen molar-refractivity contribution in [2.45, 2.75) is 44.4 Å². The number of quaternary nitrogens is 1. The van der Waals surface area contributed by atoms with E-state index in [1.54, 1.807) is 7.11 Å². The SMILES string of the molecule is COC(=O)C(F)(F)F.COc1ccc(CCC[N+]2(Cc3ccccc3)CCCC(NC(=O)c3nc(Cl)c(N)nc3N)C2)cc1. The summed E-state index contributed by atoms with van der Waals surface area (Å²) in [4.78, 5) is 30.5. The van der Waals surface area contributed by atoms with Crippen molar-refractivity contribution in [1.82, 2.24) is 15.3 Å². The molecule has 14 heteroatoms. The monoisotopic (exact) mass is 637 g/mol. The number of methoxy groups -OCH3 is 2. The van der Waals surface area contributed by atoms with Crippen molar-refractivity contribution in [3.05, 3.63) is 76.6 Å². The number of aromatic nitrogens is 2. The number of hydrogen-bond acceptors (Lipinski definition) is 8. The zero-order valence-electron chi connectivity index (χ0n) is 24.6. The van der Waals surface area contributed by atoms with Gasteiger partial charge in [0.25, 0.3) is 5.91 Å². The number of alkyl halides is 3. The van der Waals surface area contributed by atoms with Crippen LogP contribution in [-0.2, 0) is 22.5 Å². The molecule has 5 N–H and O–H groups in total. The van der Waals surface area contributed by atoms with Gasteiger partial charge in [-0.3, -0.25) is 4.79 Å². The van der Waals surface area contributed by atoms with Gasteiger partial charge in [0, 0.05) is 12.0 Å². The van der Waals surface area contributed by atoms with Crippen molar-refractivity contribution in [2.24, 2.45) is 0 Å². The topological polar surface area (TPSA) is 142 Å². The molecule has 4 rings (SSSR count). The number of nitrogens with two attached hydrogens (primary N) is 2. The number of ether oxygens (including phenoxy) is 2. The summed E-state index contributed by atoms with van der Waals surface area (Å²) in [6, 6.07) is 18.8. The zero-order chi connectivity index (χ0) is 32.3. The first-order chi connectivity index (χ1) is 20.9. The summed E-state index contributed by atoms with van der Waals surface area (Å²) in [6.07, 6.45) is -0.897. The van der Waals surface area contributed by atoms with E-state index in [9.17, 15) is 22.8 Å². The third-order valence-corrected chi connectivity index (χ3v) is 7.56. The Morgan fingerprint density at radius 2 is 1.70 bits per heavy atom. The van der Waals surface area contributed by atoms with E-state index < -0.39 is 12.1 Å². The number of esters is 1. The largest absolute Gasteiger partial charge is 0.497 e. The molecule has 0 aliphatic carbocycles. The minimum atomic E-state index is -4.85. The van der Waals surface area contributed by atoms with Gasteiger partial charge in [0.05, 0.1) is 39.9 Å². The minimum absolute atomic E-state index is 0.00604. The van der Waals surface area contributed by atoms with Crippen molar-refractivity contribution in [2.75, 3.05) is 45.3 Å². The summed E-state index contributed by atoms with van der Waals surface area (Å²) < 4.78 is 42.5. The average molecular weight is 638 g/mol. The molecule has 1 aliphatic heterocycles. The van der Waals surface area contributed by atoms with Crippen LogP contribution in [0.15, 0.2) is 54.6 Å². The number of piperidine rings is 1. The van der Waals surface area contributed by atoms with Gasteiger partial charge in [-0.15, -0.1) is 0 Å². The molecule has 0 saturated carbocycles. The average Bonchev–Trinajstić information content (AvgIpc) is 2.99. The molecule has 1 fully saturated rings. The fourth-order valence-corrected chi connectivity index (χ4v) is 5.35. The van der Waals surface area contributed by atoms with Crippen molar-refractivity contribution < 1.29 is 36.7 Å². The highest BCUT2D eigenvalue weighted by Gasteiger charge is 2.40. The fraction of sp³-hybridized carbons (Fsp3) is 0.400. The summed E-state index contributed by atoms with van der Waals surface area (Å²) >= 11 is 5.99. The Bertz CT molecular complexity index is 1400. The number of nitrogens with one attached hydrogen (secondary N) is 1. The van der Waals surface area contributed by atoms with Crippen LogP contribution in [-0.4, -0.2) is 72.4 Å². The minimum Gasteiger partial charge on any atom is -0.497 e. The van der Waals surface area contributed by atoms with Gasteiger partial charge in [0.2, 0.25) is 0 Å². The molecule has 2 unspecified atom stereocenters. The van der Waals surface area contributed by atoms with Crippen LogP contribution in [0, 0.1) is 0 Å². The maximum absolute atomic E-state index is 13.0. The van der Waals surface area contributed by atoms with E-state index in [0.717, 1.165) is 62.1 Å². The quantitative estimate of drug-likeness (QED) is 0.229. The van der Waals surface area contributed by atoms with Crippen LogP contribution in [0.5, 0.6) is 5.75 Å². The van der Waals surface area contributed by atoms with Crippen LogP contribution < -0.4 is 21.5 Å². The molecule has 1 amide bonds. The number of nitrogen functional groups attached to an aromatic ring is 2. The summed E-state index contributed by atoms with van der Waals surface area (Å²) in [5.74, 6) is -1.68. The first-order valence-electron chi connectivity index (χ1n) is 13.9. The smallest absolute Gasteiger partial charge is 0.490 e. The molecule has 2 aromatic carbocycles. The van der Waals surface area contributed by atoms with E-state index in [0.29, 0.717) is 7.11 Å². The summed E-state index contributed by atoms with van der Waals surface area (Å²) in [5, 5.41) is 3.11. The van der Waals surface area contributed by atoms with Gasteiger partial charge in [-0.2, -0.15) is 13.2 Å². The fourth-order valence-electron chi connectivity index (χ4n) is 5.23. The van der Waals surface area contributed by atoms with Crippen LogP contribution in [0.2, 0.25) is 5.15 Å². The van der Waals surface area contributed by atoms with Crippen molar-refractivity contribution in [1.29, 1.82) is 0 Å². The third-order valence-electron chi connectivity index (χ3n) is 7.28. The second-order valence-electron chi connectivity index (χ2n) is 10.5. The van der Waals surface area contributed by atoms with Crippen LogP contribution in [0.4, 0.5) is 24.8 Å². The lowest BCUT2D eigenvalue weighted by Gasteiger charge is -2.45. The predicted molar refractivity (Wildman–Crippen MR) is 161 cm³/mol. The highest BCUT2D eigenvalue weighted by atomic mass is 35.5. The lowest BCUT2D eigenvalue weighted by Crippen LogP contribution is -2.59. The number of amides is 1. The molecule has 0 spiro atoms. The number of nitrogens with zero attached hydrogens (tertiary/aromatic N) is 3. The number of halogens is 4. The lowest BCUT2D eigenvalue weighted by molar-refractivity contribution is -0.946. The Balaban J connectivity index is 0.000000583. The maximum Gasteiger partial charge on any atom is 0.490 e. The molecule has 10 nitrogen and oxygen atoms in total. The molecule has 0 bridgehead atoms. The number of anilines is 2. The van der Waals surface area contributed by atoms with Crippen LogP contribution in [0.25, 0.3) is 0 Å². The van der Waals surface area contributed by atoms with Gasteiger partial charge in [0.15, 0.2) is 22.5 Å². The standard InChI is InChI=1S/C27H33ClN6O2.C3H3F3O2/c1-36-22-13-11-19(12-14-22)9-5-15-34(17-20-7-3-2-4-8-20)16-6-10-21(18-34)31-27(35)23-25(29)33-26(30)24(28)32-23;1-8-2(7)3(4,5)6/h2-4,7-8,11-14,21H,5-6,9-10,15-18H2,1H3,(H4-,29,30,31,33,35);1H3/p+1. The molecule has 1 aromatic heterocycles. The third kappa shape index (κ3) is 9.98. The number of hydrogen-bond donors (Lipinski definition) is 3. The van der Waals surface area contributed by atoms with Gasteiger partial charge in [0.1, 0.15) is 12.3 Å². The number of benzene rings is 2. The Kier molecular flexibility index (Phi) is 12.2. The van der Waals surface area contributed by atoms with E-state index in [2.05, 4.69) is 56.4 Å². The number of likely N-dealkylation sites (tertiary alicyclic amines) is 1. The lowest BCUT2D eigenvalue weighted by atomic mass is 9.99. The molecule has 1 aliphatic rings. The van der Waals surface area contributed by atoms with Crippen molar-refractivity contribution in [3.8, 4) is 5.75 Å². The van der Waals surface area contributed by atoms with Gasteiger partial charge < -0.3 is 30.7 Å². The Labute approximate surface area is 259 Å². The van der Waals surface area contributed by atoms with Crippen molar-refractivity contribution in [3.63, 3.8) is 0 Å². The van der Waals surface area contributed by atoms with E-state index in [4.69, 9.17) is 27.8 Å². The molecule has 2 heterocycles.